The van der Waals surface area contributed by atoms with Crippen molar-refractivity contribution in [1.82, 2.24) is 19.8 Å². The van der Waals surface area contributed by atoms with Crippen LogP contribution in [0.3, 0.4) is 0 Å². The molecule has 2 aromatic heterocycles. The van der Waals surface area contributed by atoms with Crippen molar-refractivity contribution >= 4 is 89.9 Å². The van der Waals surface area contributed by atoms with E-state index in [-0.39, 0.29) is 79.7 Å². The molecule has 16 heteroatoms. The third-order valence-corrected chi connectivity index (χ3v) is 16.7. The fourth-order valence-corrected chi connectivity index (χ4v) is 12.0. The van der Waals surface area contributed by atoms with Gasteiger partial charge in [-0.15, -0.1) is 0 Å². The van der Waals surface area contributed by atoms with Crippen molar-refractivity contribution < 1.29 is 47.7 Å². The van der Waals surface area contributed by atoms with Crippen molar-refractivity contribution in [1.29, 1.82) is 0 Å². The van der Waals surface area contributed by atoms with Gasteiger partial charge in [-0.25, -0.2) is 0 Å². The highest BCUT2D eigenvalue weighted by Gasteiger charge is 2.42. The van der Waals surface area contributed by atoms with Crippen LogP contribution in [-0.4, -0.2) is 68.3 Å². The minimum atomic E-state index is -0.785. The number of benzene rings is 9. The quantitative estimate of drug-likeness (QED) is 0.0469. The van der Waals surface area contributed by atoms with Gasteiger partial charge >= 0.3 is 0 Å². The van der Waals surface area contributed by atoms with Crippen LogP contribution in [0.4, 0.5) is 11.4 Å². The average molecular weight is 1200 g/mol. The lowest BCUT2D eigenvalue weighted by atomic mass is 9.80. The Morgan fingerprint density at radius 1 is 0.367 bits per heavy atom. The maximum Gasteiger partial charge on any atom is 0.262 e. The van der Waals surface area contributed by atoms with Gasteiger partial charge in [0.2, 0.25) is 11.8 Å². The molecule has 2 aliphatic rings. The summed E-state index contributed by atoms with van der Waals surface area (Å²) in [4.78, 5) is 100. The lowest BCUT2D eigenvalue weighted by Gasteiger charge is -2.32. The number of ether oxygens (including phenoxy) is 4. The number of aromatic nitrogens is 2. The number of hydrogen-bond donors (Lipinski definition) is 2. The molecular formula is C74H62N6O10. The van der Waals surface area contributed by atoms with Crippen LogP contribution in [0.25, 0.3) is 43.1 Å². The molecule has 4 heterocycles. The van der Waals surface area contributed by atoms with E-state index in [1.165, 1.54) is 12.4 Å². The van der Waals surface area contributed by atoms with Crippen LogP contribution in [0, 0.1) is 0 Å². The Morgan fingerprint density at radius 2 is 0.622 bits per heavy atom. The summed E-state index contributed by atoms with van der Waals surface area (Å²) in [6.45, 7) is 15.3. The number of fused-ring (bicyclic) bond motifs is 2. The zero-order chi connectivity index (χ0) is 62.8. The number of nitrogens with one attached hydrogen (secondary N) is 2. The summed E-state index contributed by atoms with van der Waals surface area (Å²) >= 11 is 0. The number of carbonyl (C=O) groups is 6. The first-order valence-electron chi connectivity index (χ1n) is 30.0. The largest absolute Gasteiger partial charge is 0.457 e. The maximum absolute atomic E-state index is 15.6. The maximum atomic E-state index is 15.6. The Bertz CT molecular complexity index is 4170. The van der Waals surface area contributed by atoms with Crippen molar-refractivity contribution in [3.8, 4) is 46.0 Å². The predicted molar refractivity (Wildman–Crippen MR) is 347 cm³/mol. The smallest absolute Gasteiger partial charge is 0.262 e. The topological polar surface area (TPSA) is 196 Å². The number of amides is 6. The molecule has 2 N–H and O–H groups in total. The first kappa shape index (κ1) is 58.0. The van der Waals surface area contributed by atoms with E-state index < -0.39 is 48.5 Å². The Labute approximate surface area is 518 Å². The number of anilines is 2. The second kappa shape index (κ2) is 23.3. The lowest BCUT2D eigenvalue weighted by molar-refractivity contribution is -0.117. The fourth-order valence-electron chi connectivity index (χ4n) is 12.0. The fraction of sp³-hybridized carbons (Fsp3) is 0.189. The molecule has 90 heavy (non-hydrogen) atoms. The molecule has 0 atom stereocenters. The van der Waals surface area contributed by atoms with Gasteiger partial charge in [0.1, 0.15) is 59.1 Å². The molecule has 0 fully saturated rings. The van der Waals surface area contributed by atoms with Crippen molar-refractivity contribution in [3.63, 3.8) is 0 Å². The van der Waals surface area contributed by atoms with Crippen LogP contribution in [0.15, 0.2) is 170 Å². The molecule has 0 unspecified atom stereocenters. The molecule has 9 aromatic carbocycles. The van der Waals surface area contributed by atoms with Crippen LogP contribution < -0.4 is 29.6 Å². The molecule has 0 saturated carbocycles. The highest BCUT2D eigenvalue weighted by atomic mass is 16.5. The summed E-state index contributed by atoms with van der Waals surface area (Å²) in [5, 5.41) is 7.85. The van der Waals surface area contributed by atoms with Gasteiger partial charge in [0.25, 0.3) is 23.6 Å². The summed E-state index contributed by atoms with van der Waals surface area (Å²) in [6, 6.07) is 43.2. The molecule has 0 spiro atoms. The number of hydrogen-bond acceptors (Lipinski definition) is 12. The van der Waals surface area contributed by atoms with Crippen LogP contribution in [0.1, 0.15) is 143 Å². The number of rotatable bonds is 18. The molecule has 0 aliphatic carbocycles. The van der Waals surface area contributed by atoms with E-state index in [0.29, 0.717) is 66.7 Å². The van der Waals surface area contributed by atoms with Crippen LogP contribution >= 0.6 is 0 Å². The number of pyridine rings is 2. The zero-order valence-electron chi connectivity index (χ0n) is 50.8. The predicted octanol–water partition coefficient (Wildman–Crippen LogP) is 16.7. The molecular weight excluding hydrogens is 1130 g/mol. The Balaban J connectivity index is 1.17. The van der Waals surface area contributed by atoms with E-state index >= 15 is 19.2 Å². The van der Waals surface area contributed by atoms with Crippen molar-refractivity contribution in [2.45, 2.75) is 79.1 Å². The van der Waals surface area contributed by atoms with E-state index in [4.69, 9.17) is 18.9 Å². The summed E-state index contributed by atoms with van der Waals surface area (Å²) in [6.07, 6.45) is 6.04. The van der Waals surface area contributed by atoms with Crippen molar-refractivity contribution in [2.24, 2.45) is 0 Å². The highest BCUT2D eigenvalue weighted by Crippen LogP contribution is 2.58. The summed E-state index contributed by atoms with van der Waals surface area (Å²) in [5.74, 6) is -1.76. The van der Waals surface area contributed by atoms with Gasteiger partial charge in [-0.3, -0.25) is 48.5 Å². The van der Waals surface area contributed by atoms with Gasteiger partial charge in [0, 0.05) is 55.5 Å². The normalized spacial score (nSPS) is 13.1. The first-order valence-corrected chi connectivity index (χ1v) is 30.0. The van der Waals surface area contributed by atoms with E-state index in [1.54, 1.807) is 60.9 Å². The van der Waals surface area contributed by atoms with E-state index in [0.717, 1.165) is 32.1 Å². The number of nitrogens with zero attached hydrogens (tertiary/aromatic N) is 4. The summed E-state index contributed by atoms with van der Waals surface area (Å²) < 4.78 is 28.6. The van der Waals surface area contributed by atoms with Crippen LogP contribution in [0.2, 0.25) is 0 Å². The number of imide groups is 2. The molecule has 11 aromatic rings. The van der Waals surface area contributed by atoms with Crippen LogP contribution in [0.5, 0.6) is 46.0 Å². The van der Waals surface area contributed by atoms with E-state index in [1.807, 2.05) is 97.1 Å². The monoisotopic (exact) mass is 1190 g/mol. The molecule has 448 valence electrons. The van der Waals surface area contributed by atoms with E-state index in [9.17, 15) is 9.59 Å². The molecule has 13 rings (SSSR count). The molecule has 16 nitrogen and oxygen atoms in total. The lowest BCUT2D eigenvalue weighted by Crippen LogP contribution is -2.45. The SMILES string of the molecule is CC(C)c1ccc(Oc2cc3c4c(cc(Oc5ccc(C(C)C)cc5)c5c6c(Oc7ccc(C(C)C)cc7)cc7c8c(cc(Oc9ccc(C(C)C)cc9)c(c2c45)c86)C(=O)N(CC(=O)Nc2cccnc2)C7=O)C(=O)N(CC(=O)Nc2cccnc2)C3=O)cc1. The first-order chi connectivity index (χ1) is 43.4. The molecule has 0 radical (unpaired) electrons. The standard InChI is InChI=1S/C74H62N6O10/c1-39(2)43-13-21-49(22-14-43)87-57-31-53-63-54(72(84)79(71(53)83)37-61(81)77-47-11-9-29-75-35-47)33-59(89-51-25-17-45(18-26-51)41(5)6)67-68-60(90-52-27-19-46(20-28-52)42(7)8)34-56-64-55(73(85)80(74(56)86)38-62(82)78-48-12-10-30-76-36-48)32-58(66(70(64)68)65(57)69(63)67)88-50-23-15-44(16-24-50)40(3)4/h9-36,39-42H,37-38H2,1-8H3,(H,77,81)(H,78,82). The van der Waals surface area contributed by atoms with E-state index in [2.05, 4.69) is 76.0 Å². The van der Waals surface area contributed by atoms with Crippen molar-refractivity contribution in [2.75, 3.05) is 23.7 Å². The average Bonchev–Trinajstić information content (AvgIpc) is 0.676. The van der Waals surface area contributed by atoms with Crippen molar-refractivity contribution in [3.05, 3.63) is 215 Å². The van der Waals surface area contributed by atoms with Gasteiger partial charge in [0.05, 0.1) is 46.0 Å². The summed E-state index contributed by atoms with van der Waals surface area (Å²) in [7, 11) is 0. The summed E-state index contributed by atoms with van der Waals surface area (Å²) in [5.41, 5.74) is 4.99. The van der Waals surface area contributed by atoms with Gasteiger partial charge < -0.3 is 29.6 Å². The number of carbonyl (C=O) groups excluding carboxylic acids is 6. The van der Waals surface area contributed by atoms with Crippen LogP contribution in [-0.2, 0) is 9.59 Å². The van der Waals surface area contributed by atoms with Gasteiger partial charge in [0.15, 0.2) is 0 Å². The van der Waals surface area contributed by atoms with Gasteiger partial charge in [-0.2, -0.15) is 0 Å². The molecule has 0 bridgehead atoms. The Kier molecular flexibility index (Phi) is 15.0. The molecule has 0 saturated heterocycles. The zero-order valence-corrected chi connectivity index (χ0v) is 50.8. The second-order valence-electron chi connectivity index (χ2n) is 24.0. The highest BCUT2D eigenvalue weighted by molar-refractivity contribution is 6.45. The third-order valence-electron chi connectivity index (χ3n) is 16.7. The third kappa shape index (κ3) is 10.6. The molecule has 6 amide bonds. The second-order valence-corrected chi connectivity index (χ2v) is 24.0. The Morgan fingerprint density at radius 3 is 0.844 bits per heavy atom. The van der Waals surface area contributed by atoms with Gasteiger partial charge in [-0.1, -0.05) is 104 Å². The molecule has 2 aliphatic heterocycles. The minimum absolute atomic E-state index is 0.0264. The minimum Gasteiger partial charge on any atom is -0.457 e. The van der Waals surface area contributed by atoms with Gasteiger partial charge in [-0.05, 0) is 143 Å². The Hall–Kier alpha value is -11.0.